The third-order valence-electron chi connectivity index (χ3n) is 3.22. The van der Waals surface area contributed by atoms with Gasteiger partial charge in [0.05, 0.1) is 14.7 Å². The van der Waals surface area contributed by atoms with Crippen LogP contribution in [-0.2, 0) is 20.0 Å². The third kappa shape index (κ3) is 3.95. The van der Waals surface area contributed by atoms with Crippen molar-refractivity contribution in [1.29, 1.82) is 0 Å². The zero-order valence-electron chi connectivity index (χ0n) is 12.8. The topological polar surface area (TPSA) is 115 Å². The van der Waals surface area contributed by atoms with Crippen molar-refractivity contribution in [2.45, 2.75) is 9.79 Å². The van der Waals surface area contributed by atoms with Gasteiger partial charge in [-0.15, -0.1) is 0 Å². The Bertz CT molecular complexity index is 1080. The van der Waals surface area contributed by atoms with Crippen LogP contribution < -0.4 is 0 Å². The summed E-state index contributed by atoms with van der Waals surface area (Å²) in [7, 11) is -8.41. The summed E-state index contributed by atoms with van der Waals surface area (Å²) in [6, 6.07) is 5.96. The van der Waals surface area contributed by atoms with Gasteiger partial charge in [-0.2, -0.15) is 0 Å². The van der Waals surface area contributed by atoms with Crippen molar-refractivity contribution in [2.24, 2.45) is 0 Å². The number of hydrogen-bond acceptors (Lipinski definition) is 6. The molecule has 2 aromatic rings. The summed E-state index contributed by atoms with van der Waals surface area (Å²) in [6.07, 6.45) is 0. The van der Waals surface area contributed by atoms with E-state index in [9.17, 15) is 26.9 Å². The van der Waals surface area contributed by atoms with Crippen LogP contribution in [0.5, 0.6) is 0 Å². The maximum Gasteiger partial charge on any atom is 0.289 e. The molecule has 0 aromatic heterocycles. The van der Waals surface area contributed by atoms with Crippen molar-refractivity contribution in [2.75, 3.05) is 7.05 Å². The molecule has 0 amide bonds. The zero-order valence-corrected chi connectivity index (χ0v) is 16.7. The first-order valence-corrected chi connectivity index (χ1v) is 10.5. The zero-order chi connectivity index (χ0) is 19.9. The predicted octanol–water partition coefficient (Wildman–Crippen LogP) is 3.56. The second kappa shape index (κ2) is 7.29. The Balaban J connectivity index is 2.58. The molecule has 0 bridgehead atoms. The van der Waals surface area contributed by atoms with Gasteiger partial charge in [-0.05, 0) is 30.3 Å². The molecule has 0 unspecified atom stereocenters. The van der Waals surface area contributed by atoms with Gasteiger partial charge in [0.1, 0.15) is 5.02 Å². The number of rotatable bonds is 5. The molecule has 0 heterocycles. The molecule has 0 saturated carbocycles. The number of nitro groups is 1. The average Bonchev–Trinajstić information content (AvgIpc) is 2.53. The number of nitro benzene ring substituents is 1. The van der Waals surface area contributed by atoms with Crippen molar-refractivity contribution in [3.05, 3.63) is 61.6 Å². The largest absolute Gasteiger partial charge is 0.289 e. The first-order chi connectivity index (χ1) is 11.9. The van der Waals surface area contributed by atoms with Gasteiger partial charge in [0.15, 0.2) is 0 Å². The fraction of sp³-hybridized carbons (Fsp3) is 0.0769. The van der Waals surface area contributed by atoms with E-state index in [1.54, 1.807) is 0 Å². The van der Waals surface area contributed by atoms with Gasteiger partial charge in [0.25, 0.3) is 25.7 Å². The van der Waals surface area contributed by atoms with E-state index < -0.39 is 40.4 Å². The molecule has 0 atom stereocenters. The second-order valence-electron chi connectivity index (χ2n) is 4.87. The Kier molecular flexibility index (Phi) is 5.86. The van der Waals surface area contributed by atoms with Crippen molar-refractivity contribution in [3.63, 3.8) is 0 Å². The highest BCUT2D eigenvalue weighted by Gasteiger charge is 2.34. The Hall–Kier alpha value is -1.43. The van der Waals surface area contributed by atoms with Gasteiger partial charge in [0, 0.05) is 23.2 Å². The average molecular weight is 460 g/mol. The minimum Gasteiger partial charge on any atom is -0.258 e. The molecule has 26 heavy (non-hydrogen) atoms. The highest BCUT2D eigenvalue weighted by atomic mass is 35.5. The molecular weight excluding hydrogens is 451 g/mol. The van der Waals surface area contributed by atoms with Gasteiger partial charge in [-0.3, -0.25) is 10.1 Å². The Morgan fingerprint density at radius 1 is 0.885 bits per heavy atom. The summed E-state index contributed by atoms with van der Waals surface area (Å²) in [5.41, 5.74) is -0.677. The Morgan fingerprint density at radius 2 is 1.38 bits per heavy atom. The Labute approximate surface area is 164 Å². The highest BCUT2D eigenvalue weighted by Crippen LogP contribution is 2.31. The summed E-state index contributed by atoms with van der Waals surface area (Å²) >= 11 is 17.2. The molecule has 0 N–H and O–H groups in total. The van der Waals surface area contributed by atoms with Crippen LogP contribution in [0, 0.1) is 10.1 Å². The van der Waals surface area contributed by atoms with Crippen molar-refractivity contribution < 1.29 is 21.8 Å². The SMILES string of the molecule is CN(S(=O)(=O)c1cc(Cl)cc(Cl)c1)S(=O)(=O)c1ccc(Cl)c([N+](=O)[O-])c1. The van der Waals surface area contributed by atoms with Crippen LogP contribution in [0.1, 0.15) is 0 Å². The molecule has 0 aliphatic heterocycles. The fourth-order valence-corrected chi connectivity index (χ4v) is 5.93. The first kappa shape index (κ1) is 20.9. The maximum absolute atomic E-state index is 12.6. The number of hydrogen-bond donors (Lipinski definition) is 0. The van der Waals surface area contributed by atoms with Crippen LogP contribution in [0.3, 0.4) is 0 Å². The van der Waals surface area contributed by atoms with E-state index in [-0.39, 0.29) is 18.8 Å². The van der Waals surface area contributed by atoms with Crippen molar-refractivity contribution in [3.8, 4) is 0 Å². The first-order valence-electron chi connectivity index (χ1n) is 6.51. The molecule has 0 aliphatic rings. The minimum absolute atomic E-state index is 0.0102. The lowest BCUT2D eigenvalue weighted by Gasteiger charge is -2.18. The summed E-state index contributed by atoms with van der Waals surface area (Å²) in [5.74, 6) is 0. The van der Waals surface area contributed by atoms with E-state index in [0.717, 1.165) is 31.3 Å². The molecule has 13 heteroatoms. The smallest absolute Gasteiger partial charge is 0.258 e. The third-order valence-corrected chi connectivity index (χ3v) is 8.19. The number of halogens is 3. The normalized spacial score (nSPS) is 12.3. The molecule has 0 saturated heterocycles. The standard InChI is InChI=1S/C13H9Cl3N2O6S2/c1-17(26(23,24)11-5-8(14)4-9(15)6-11)25(21,22)10-2-3-12(16)13(7-10)18(19)20/h2-7H,1H3. The number of nitrogens with zero attached hydrogens (tertiary/aromatic N) is 2. The Morgan fingerprint density at radius 3 is 1.88 bits per heavy atom. The molecule has 0 radical (unpaired) electrons. The summed E-state index contributed by atoms with van der Waals surface area (Å²) in [5, 5.41) is 10.6. The lowest BCUT2D eigenvalue weighted by Crippen LogP contribution is -2.33. The van der Waals surface area contributed by atoms with Gasteiger partial charge < -0.3 is 0 Å². The fourth-order valence-electron chi connectivity index (χ4n) is 1.90. The molecule has 140 valence electrons. The van der Waals surface area contributed by atoms with E-state index in [2.05, 4.69) is 0 Å². The molecule has 2 rings (SSSR count). The lowest BCUT2D eigenvalue weighted by molar-refractivity contribution is -0.384. The predicted molar refractivity (Wildman–Crippen MR) is 96.7 cm³/mol. The number of benzene rings is 2. The van der Waals surface area contributed by atoms with E-state index >= 15 is 0 Å². The van der Waals surface area contributed by atoms with Crippen LogP contribution in [0.2, 0.25) is 15.1 Å². The van der Waals surface area contributed by atoms with Crippen LogP contribution >= 0.6 is 34.8 Å². The quantitative estimate of drug-likeness (QED) is 0.499. The van der Waals surface area contributed by atoms with E-state index in [1.807, 2.05) is 0 Å². The lowest BCUT2D eigenvalue weighted by atomic mass is 10.3. The van der Waals surface area contributed by atoms with Gasteiger partial charge in [0.2, 0.25) is 0 Å². The van der Waals surface area contributed by atoms with Gasteiger partial charge in [-0.25, -0.2) is 16.8 Å². The van der Waals surface area contributed by atoms with Gasteiger partial charge in [-0.1, -0.05) is 38.5 Å². The van der Waals surface area contributed by atoms with Crippen molar-refractivity contribution in [1.82, 2.24) is 3.71 Å². The van der Waals surface area contributed by atoms with E-state index in [4.69, 9.17) is 34.8 Å². The molecular formula is C13H9Cl3N2O6S2. The van der Waals surface area contributed by atoms with Gasteiger partial charge >= 0.3 is 0 Å². The molecule has 0 fully saturated rings. The second-order valence-corrected chi connectivity index (χ2v) is 10.3. The van der Waals surface area contributed by atoms with E-state index in [1.165, 1.54) is 6.07 Å². The van der Waals surface area contributed by atoms with Crippen LogP contribution in [0.15, 0.2) is 46.2 Å². The maximum atomic E-state index is 12.6. The molecule has 0 spiro atoms. The molecule has 2 aromatic carbocycles. The minimum atomic E-state index is -4.65. The monoisotopic (exact) mass is 458 g/mol. The number of sulfonamides is 2. The summed E-state index contributed by atoms with van der Waals surface area (Å²) < 4.78 is 50.5. The molecule has 0 aliphatic carbocycles. The van der Waals surface area contributed by atoms with Crippen molar-refractivity contribution >= 4 is 60.5 Å². The van der Waals surface area contributed by atoms with E-state index in [0.29, 0.717) is 6.07 Å². The van der Waals surface area contributed by atoms with Crippen LogP contribution in [0.4, 0.5) is 5.69 Å². The summed E-state index contributed by atoms with van der Waals surface area (Å²) in [4.78, 5) is 8.97. The highest BCUT2D eigenvalue weighted by molar-refractivity contribution is 8.04. The van der Waals surface area contributed by atoms with Crippen LogP contribution in [0.25, 0.3) is 0 Å². The van der Waals surface area contributed by atoms with Crippen LogP contribution in [-0.4, -0.2) is 32.5 Å². The molecule has 8 nitrogen and oxygen atoms in total. The summed E-state index contributed by atoms with van der Waals surface area (Å²) in [6.45, 7) is 0.